The molecule has 2 aromatic carbocycles. The molecule has 0 fully saturated rings. The Bertz CT molecular complexity index is 744. The molecule has 7 nitrogen and oxygen atoms in total. The number of non-ortho nitro benzene ring substituents is 1. The van der Waals surface area contributed by atoms with Crippen molar-refractivity contribution in [1.29, 1.82) is 0 Å². The normalized spacial score (nSPS) is 10.0. The third kappa shape index (κ3) is 5.06. The van der Waals surface area contributed by atoms with Gasteiger partial charge in [-0.2, -0.15) is 0 Å². The number of benzene rings is 2. The second-order valence-electron chi connectivity index (χ2n) is 4.78. The minimum Gasteiger partial charge on any atom is -0.452 e. The Balaban J connectivity index is 1.79. The molecular weight excluding hydrogens is 336 g/mol. The van der Waals surface area contributed by atoms with E-state index in [1.807, 2.05) is 0 Å². The molecule has 0 aromatic heterocycles. The van der Waals surface area contributed by atoms with E-state index >= 15 is 0 Å². The summed E-state index contributed by atoms with van der Waals surface area (Å²) in [6.07, 6.45) is 0. The van der Waals surface area contributed by atoms with Crippen molar-refractivity contribution in [2.75, 3.05) is 6.61 Å². The van der Waals surface area contributed by atoms with Gasteiger partial charge in [-0.25, -0.2) is 4.79 Å². The predicted octanol–water partition coefficient (Wildman–Crippen LogP) is 2.72. The van der Waals surface area contributed by atoms with Gasteiger partial charge >= 0.3 is 5.97 Å². The van der Waals surface area contributed by atoms with Crippen LogP contribution in [0.4, 0.5) is 5.69 Å². The van der Waals surface area contributed by atoms with E-state index in [0.717, 1.165) is 5.56 Å². The van der Waals surface area contributed by atoms with Crippen LogP contribution in [0, 0.1) is 10.1 Å². The number of ether oxygens (including phenoxy) is 1. The number of hydrogen-bond donors (Lipinski definition) is 1. The van der Waals surface area contributed by atoms with Gasteiger partial charge < -0.3 is 10.1 Å². The molecule has 0 saturated heterocycles. The Hall–Kier alpha value is -2.93. The largest absolute Gasteiger partial charge is 0.452 e. The summed E-state index contributed by atoms with van der Waals surface area (Å²) < 4.78 is 4.86. The molecule has 24 heavy (non-hydrogen) atoms. The van der Waals surface area contributed by atoms with E-state index in [1.165, 1.54) is 24.3 Å². The molecule has 0 unspecified atom stereocenters. The van der Waals surface area contributed by atoms with Crippen molar-refractivity contribution in [3.05, 3.63) is 74.8 Å². The van der Waals surface area contributed by atoms with Crippen LogP contribution in [0.2, 0.25) is 5.02 Å². The molecule has 0 aliphatic heterocycles. The Labute approximate surface area is 142 Å². The zero-order chi connectivity index (χ0) is 17.5. The molecule has 2 aromatic rings. The van der Waals surface area contributed by atoms with E-state index in [0.29, 0.717) is 5.02 Å². The third-order valence-electron chi connectivity index (χ3n) is 3.05. The Morgan fingerprint density at radius 2 is 1.71 bits per heavy atom. The molecule has 0 aliphatic carbocycles. The lowest BCUT2D eigenvalue weighted by Gasteiger charge is -2.07. The van der Waals surface area contributed by atoms with Gasteiger partial charge in [0.05, 0.1) is 10.5 Å². The van der Waals surface area contributed by atoms with Gasteiger partial charge in [-0.3, -0.25) is 14.9 Å². The molecule has 124 valence electrons. The molecule has 8 heteroatoms. The number of carbonyl (C=O) groups is 2. The van der Waals surface area contributed by atoms with Crippen LogP contribution in [0.5, 0.6) is 0 Å². The molecule has 0 saturated carbocycles. The minimum absolute atomic E-state index is 0.131. The summed E-state index contributed by atoms with van der Waals surface area (Å²) in [6, 6.07) is 11.9. The first kappa shape index (κ1) is 17.4. The monoisotopic (exact) mass is 348 g/mol. The van der Waals surface area contributed by atoms with Crippen LogP contribution in [0.15, 0.2) is 48.5 Å². The zero-order valence-corrected chi connectivity index (χ0v) is 13.2. The van der Waals surface area contributed by atoms with E-state index in [2.05, 4.69) is 5.32 Å². The van der Waals surface area contributed by atoms with Gasteiger partial charge in [-0.15, -0.1) is 0 Å². The molecule has 0 radical (unpaired) electrons. The van der Waals surface area contributed by atoms with Gasteiger partial charge in [0.1, 0.15) is 0 Å². The average molecular weight is 349 g/mol. The van der Waals surface area contributed by atoms with Crippen molar-refractivity contribution in [3.8, 4) is 0 Å². The van der Waals surface area contributed by atoms with Crippen molar-refractivity contribution < 1.29 is 19.2 Å². The first-order valence-electron chi connectivity index (χ1n) is 6.88. The van der Waals surface area contributed by atoms with Crippen molar-refractivity contribution >= 4 is 29.2 Å². The molecule has 1 N–H and O–H groups in total. The lowest BCUT2D eigenvalue weighted by molar-refractivity contribution is -0.384. The van der Waals surface area contributed by atoms with Crippen LogP contribution in [-0.2, 0) is 16.1 Å². The number of esters is 1. The highest BCUT2D eigenvalue weighted by molar-refractivity contribution is 6.30. The summed E-state index contributed by atoms with van der Waals surface area (Å²) in [6.45, 7) is -0.158. The third-order valence-corrected chi connectivity index (χ3v) is 3.30. The number of nitrogens with zero attached hydrogens (tertiary/aromatic N) is 1. The molecule has 0 heterocycles. The van der Waals surface area contributed by atoms with Crippen LogP contribution in [0.25, 0.3) is 0 Å². The van der Waals surface area contributed by atoms with Gasteiger partial charge in [0, 0.05) is 23.7 Å². The van der Waals surface area contributed by atoms with E-state index in [4.69, 9.17) is 16.3 Å². The van der Waals surface area contributed by atoms with Crippen LogP contribution in [0.3, 0.4) is 0 Å². The molecule has 0 atom stereocenters. The van der Waals surface area contributed by atoms with Crippen molar-refractivity contribution in [1.82, 2.24) is 5.32 Å². The summed E-state index contributed by atoms with van der Waals surface area (Å²) in [5.41, 5.74) is 0.854. The van der Waals surface area contributed by atoms with Crippen LogP contribution in [0.1, 0.15) is 15.9 Å². The Morgan fingerprint density at radius 1 is 1.08 bits per heavy atom. The van der Waals surface area contributed by atoms with E-state index < -0.39 is 23.4 Å². The molecule has 2 rings (SSSR count). The SMILES string of the molecule is O=C(COC(=O)c1ccc([N+](=O)[O-])cc1)NCc1ccc(Cl)cc1. The predicted molar refractivity (Wildman–Crippen MR) is 86.7 cm³/mol. The smallest absolute Gasteiger partial charge is 0.338 e. The first-order chi connectivity index (χ1) is 11.5. The van der Waals surface area contributed by atoms with E-state index in [9.17, 15) is 19.7 Å². The second kappa shape index (κ2) is 8.07. The summed E-state index contributed by atoms with van der Waals surface area (Å²) >= 11 is 5.76. The summed E-state index contributed by atoms with van der Waals surface area (Å²) in [7, 11) is 0. The van der Waals surface area contributed by atoms with Gasteiger partial charge in [-0.1, -0.05) is 23.7 Å². The van der Waals surface area contributed by atoms with Gasteiger partial charge in [0.2, 0.25) is 0 Å². The maximum Gasteiger partial charge on any atom is 0.338 e. The van der Waals surface area contributed by atoms with Gasteiger partial charge in [-0.05, 0) is 29.8 Å². The molecule has 1 amide bonds. The summed E-state index contributed by atoms with van der Waals surface area (Å²) in [5, 5.41) is 13.7. The molecule has 0 bridgehead atoms. The quantitative estimate of drug-likeness (QED) is 0.491. The number of halogens is 1. The fraction of sp³-hybridized carbons (Fsp3) is 0.125. The van der Waals surface area contributed by atoms with Crippen molar-refractivity contribution in [3.63, 3.8) is 0 Å². The number of rotatable bonds is 6. The first-order valence-corrected chi connectivity index (χ1v) is 7.26. The van der Waals surface area contributed by atoms with Gasteiger partial charge in [0.25, 0.3) is 11.6 Å². The highest BCUT2D eigenvalue weighted by Gasteiger charge is 2.12. The fourth-order valence-electron chi connectivity index (χ4n) is 1.79. The molecule has 0 aliphatic rings. The molecular formula is C16H13ClN2O5. The summed E-state index contributed by atoms with van der Waals surface area (Å²) in [5.74, 6) is -1.19. The van der Waals surface area contributed by atoms with E-state index in [1.54, 1.807) is 24.3 Å². The second-order valence-corrected chi connectivity index (χ2v) is 5.22. The standard InChI is InChI=1S/C16H13ClN2O5/c17-13-5-1-11(2-6-13)9-18-15(20)10-24-16(21)12-3-7-14(8-4-12)19(22)23/h1-8H,9-10H2,(H,18,20). The van der Waals surface area contributed by atoms with Crippen molar-refractivity contribution in [2.24, 2.45) is 0 Å². The fourth-order valence-corrected chi connectivity index (χ4v) is 1.91. The number of nitro groups is 1. The van der Waals surface area contributed by atoms with Crippen molar-refractivity contribution in [2.45, 2.75) is 6.54 Å². The number of nitro benzene ring substituents is 1. The van der Waals surface area contributed by atoms with Gasteiger partial charge in [0.15, 0.2) is 6.61 Å². The topological polar surface area (TPSA) is 98.5 Å². The Morgan fingerprint density at radius 3 is 2.29 bits per heavy atom. The number of hydrogen-bond acceptors (Lipinski definition) is 5. The highest BCUT2D eigenvalue weighted by Crippen LogP contribution is 2.12. The lowest BCUT2D eigenvalue weighted by atomic mass is 10.2. The van der Waals surface area contributed by atoms with Crippen LogP contribution in [-0.4, -0.2) is 23.4 Å². The summed E-state index contributed by atoms with van der Waals surface area (Å²) in [4.78, 5) is 33.4. The minimum atomic E-state index is -0.730. The average Bonchev–Trinajstić information content (AvgIpc) is 2.59. The van der Waals surface area contributed by atoms with Crippen LogP contribution < -0.4 is 5.32 Å². The zero-order valence-electron chi connectivity index (χ0n) is 12.4. The maximum atomic E-state index is 11.8. The lowest BCUT2D eigenvalue weighted by Crippen LogP contribution is -2.28. The number of carbonyl (C=O) groups excluding carboxylic acids is 2. The maximum absolute atomic E-state index is 11.8. The van der Waals surface area contributed by atoms with E-state index in [-0.39, 0.29) is 17.8 Å². The number of nitrogens with one attached hydrogen (secondary N) is 1. The Kier molecular flexibility index (Phi) is 5.86. The molecule has 0 spiro atoms. The van der Waals surface area contributed by atoms with Crippen LogP contribution >= 0.6 is 11.6 Å². The highest BCUT2D eigenvalue weighted by atomic mass is 35.5. The number of amides is 1.